The van der Waals surface area contributed by atoms with Gasteiger partial charge < -0.3 is 11.1 Å². The molecule has 0 radical (unpaired) electrons. The van der Waals surface area contributed by atoms with E-state index >= 15 is 0 Å². The van der Waals surface area contributed by atoms with E-state index < -0.39 is 6.04 Å². The fraction of sp³-hybridized carbons (Fsp3) is 0.500. The lowest BCUT2D eigenvalue weighted by Crippen LogP contribution is -2.37. The molecule has 0 fully saturated rings. The lowest BCUT2D eigenvalue weighted by Gasteiger charge is -2.17. The topological polar surface area (TPSA) is 55.1 Å². The Morgan fingerprint density at radius 3 is 2.28 bits per heavy atom. The molecule has 3 nitrogen and oxygen atoms in total. The highest BCUT2D eigenvalue weighted by Crippen LogP contribution is 2.25. The molecule has 100 valence electrons. The Bertz CT molecular complexity index is 420. The van der Waals surface area contributed by atoms with Gasteiger partial charge in [-0.3, -0.25) is 4.79 Å². The number of benzene rings is 1. The summed E-state index contributed by atoms with van der Waals surface area (Å²) in [6, 6.07) is 3.51. The van der Waals surface area contributed by atoms with Crippen molar-refractivity contribution >= 4 is 27.5 Å². The maximum atomic E-state index is 12.0. The molecule has 0 aromatic heterocycles. The van der Waals surface area contributed by atoms with Crippen LogP contribution in [0.15, 0.2) is 16.6 Å². The normalized spacial score (nSPS) is 12.6. The summed E-state index contributed by atoms with van der Waals surface area (Å²) in [5.41, 5.74) is 8.81. The van der Waals surface area contributed by atoms with Crippen LogP contribution in [0.4, 0.5) is 5.69 Å². The summed E-state index contributed by atoms with van der Waals surface area (Å²) in [6.45, 7) is 8.06. The summed E-state index contributed by atoms with van der Waals surface area (Å²) < 4.78 is 1.02. The maximum absolute atomic E-state index is 12.0. The predicted molar refractivity (Wildman–Crippen MR) is 79.7 cm³/mol. The molecule has 0 aliphatic heterocycles. The van der Waals surface area contributed by atoms with Crippen molar-refractivity contribution in [1.29, 1.82) is 0 Å². The lowest BCUT2D eigenvalue weighted by molar-refractivity contribution is -0.117. The second-order valence-electron chi connectivity index (χ2n) is 5.14. The highest BCUT2D eigenvalue weighted by molar-refractivity contribution is 9.10. The van der Waals surface area contributed by atoms with Crippen LogP contribution in [-0.2, 0) is 4.79 Å². The van der Waals surface area contributed by atoms with E-state index in [9.17, 15) is 4.79 Å². The molecule has 0 saturated carbocycles. The summed E-state index contributed by atoms with van der Waals surface area (Å²) >= 11 is 3.44. The first-order chi connectivity index (χ1) is 8.31. The molecule has 0 bridgehead atoms. The molecule has 3 N–H and O–H groups in total. The lowest BCUT2D eigenvalue weighted by atomic mass is 10.0. The molecule has 0 aliphatic carbocycles. The minimum absolute atomic E-state index is 0.114. The number of rotatable bonds is 4. The molecule has 0 heterocycles. The van der Waals surface area contributed by atoms with Gasteiger partial charge in [0.2, 0.25) is 5.91 Å². The van der Waals surface area contributed by atoms with Crippen molar-refractivity contribution in [1.82, 2.24) is 0 Å². The third-order valence-corrected chi connectivity index (χ3v) is 3.27. The number of nitrogens with one attached hydrogen (secondary N) is 1. The highest BCUT2D eigenvalue weighted by atomic mass is 79.9. The number of amides is 1. The van der Waals surface area contributed by atoms with E-state index in [1.165, 1.54) is 0 Å². The second kappa shape index (κ2) is 6.34. The van der Waals surface area contributed by atoms with Gasteiger partial charge in [-0.2, -0.15) is 0 Å². The van der Waals surface area contributed by atoms with E-state index in [0.717, 1.165) is 21.3 Å². The zero-order valence-electron chi connectivity index (χ0n) is 11.4. The van der Waals surface area contributed by atoms with E-state index in [1.807, 2.05) is 26.0 Å². The summed E-state index contributed by atoms with van der Waals surface area (Å²) in [7, 11) is 0. The Morgan fingerprint density at radius 2 is 1.83 bits per heavy atom. The quantitative estimate of drug-likeness (QED) is 0.895. The summed E-state index contributed by atoms with van der Waals surface area (Å²) in [4.78, 5) is 12.0. The van der Waals surface area contributed by atoms with Crippen molar-refractivity contribution < 1.29 is 4.79 Å². The number of nitrogens with two attached hydrogens (primary N) is 1. The number of carbonyl (C=O) groups is 1. The van der Waals surface area contributed by atoms with Crippen molar-refractivity contribution in [3.63, 3.8) is 0 Å². The van der Waals surface area contributed by atoms with Gasteiger partial charge in [0.15, 0.2) is 0 Å². The maximum Gasteiger partial charge on any atom is 0.241 e. The molecule has 1 aromatic rings. The van der Waals surface area contributed by atoms with Gasteiger partial charge in [-0.25, -0.2) is 0 Å². The summed E-state index contributed by atoms with van der Waals surface area (Å²) in [5.74, 6) is 0.301. The smallest absolute Gasteiger partial charge is 0.241 e. The second-order valence-corrected chi connectivity index (χ2v) is 6.06. The van der Waals surface area contributed by atoms with E-state index in [-0.39, 0.29) is 5.91 Å². The summed E-state index contributed by atoms with van der Waals surface area (Å²) in [5, 5.41) is 2.93. The highest BCUT2D eigenvalue weighted by Gasteiger charge is 2.16. The molecule has 1 rings (SSSR count). The zero-order valence-corrected chi connectivity index (χ0v) is 13.0. The monoisotopic (exact) mass is 312 g/mol. The van der Waals surface area contributed by atoms with E-state index in [2.05, 4.69) is 35.1 Å². The van der Waals surface area contributed by atoms with Crippen LogP contribution in [-0.4, -0.2) is 11.9 Å². The molecule has 1 atom stereocenters. The van der Waals surface area contributed by atoms with E-state index in [1.54, 1.807) is 0 Å². The zero-order chi connectivity index (χ0) is 13.9. The molecular weight excluding hydrogens is 292 g/mol. The molecule has 0 aliphatic rings. The van der Waals surface area contributed by atoms with Crippen LogP contribution in [0.5, 0.6) is 0 Å². The third-order valence-electron chi connectivity index (χ3n) is 2.81. The van der Waals surface area contributed by atoms with Crippen molar-refractivity contribution in [2.75, 3.05) is 5.32 Å². The van der Waals surface area contributed by atoms with Gasteiger partial charge in [0.25, 0.3) is 0 Å². The molecule has 1 amide bonds. The minimum Gasteiger partial charge on any atom is -0.324 e. The number of carbonyl (C=O) groups excluding carboxylic acids is 1. The Labute approximate surface area is 117 Å². The molecule has 0 spiro atoms. The van der Waals surface area contributed by atoms with Crippen LogP contribution in [0.3, 0.4) is 0 Å². The fourth-order valence-corrected chi connectivity index (χ4v) is 2.63. The SMILES string of the molecule is Cc1cc(Br)cc(C)c1NC(=O)[C@@H](N)CC(C)C. The van der Waals surface area contributed by atoms with Crippen LogP contribution >= 0.6 is 15.9 Å². The third kappa shape index (κ3) is 4.10. The average Bonchev–Trinajstić information content (AvgIpc) is 2.21. The van der Waals surface area contributed by atoms with Crippen LogP contribution < -0.4 is 11.1 Å². The number of anilines is 1. The van der Waals surface area contributed by atoms with Gasteiger partial charge in [-0.1, -0.05) is 29.8 Å². The first-order valence-corrected chi connectivity index (χ1v) is 6.93. The van der Waals surface area contributed by atoms with Crippen molar-refractivity contribution in [3.8, 4) is 0 Å². The van der Waals surface area contributed by atoms with Crippen LogP contribution in [0, 0.1) is 19.8 Å². The first-order valence-electron chi connectivity index (χ1n) is 6.14. The fourth-order valence-electron chi connectivity index (χ4n) is 1.94. The molecule has 1 aromatic carbocycles. The van der Waals surface area contributed by atoms with Crippen molar-refractivity contribution in [2.45, 2.75) is 40.2 Å². The Hall–Kier alpha value is -0.870. The number of hydrogen-bond acceptors (Lipinski definition) is 2. The van der Waals surface area contributed by atoms with Gasteiger partial charge >= 0.3 is 0 Å². The summed E-state index contributed by atoms with van der Waals surface area (Å²) in [6.07, 6.45) is 0.695. The Morgan fingerprint density at radius 1 is 1.33 bits per heavy atom. The Kier molecular flexibility index (Phi) is 5.35. The average molecular weight is 313 g/mol. The first kappa shape index (κ1) is 15.2. The van der Waals surface area contributed by atoms with Crippen LogP contribution in [0.25, 0.3) is 0 Å². The van der Waals surface area contributed by atoms with Crippen LogP contribution in [0.2, 0.25) is 0 Å². The van der Waals surface area contributed by atoms with Gasteiger partial charge in [0, 0.05) is 10.2 Å². The number of aryl methyl sites for hydroxylation is 2. The molecule has 0 unspecified atom stereocenters. The molecular formula is C14H21BrN2O. The minimum atomic E-state index is -0.451. The van der Waals surface area contributed by atoms with Gasteiger partial charge in [0.1, 0.15) is 0 Å². The number of halogens is 1. The van der Waals surface area contributed by atoms with Crippen molar-refractivity contribution in [3.05, 3.63) is 27.7 Å². The van der Waals surface area contributed by atoms with E-state index in [0.29, 0.717) is 12.3 Å². The number of hydrogen-bond donors (Lipinski definition) is 2. The standard InChI is InChI=1S/C14H21BrN2O/c1-8(2)5-12(16)14(18)17-13-9(3)6-11(15)7-10(13)4/h6-8,12H,5,16H2,1-4H3,(H,17,18)/t12-/m0/s1. The predicted octanol–water partition coefficient (Wildman–Crippen LogP) is 3.38. The molecule has 4 heteroatoms. The van der Waals surface area contributed by atoms with Crippen molar-refractivity contribution in [2.24, 2.45) is 11.7 Å². The molecule has 18 heavy (non-hydrogen) atoms. The van der Waals surface area contributed by atoms with Gasteiger partial charge in [-0.05, 0) is 49.4 Å². The van der Waals surface area contributed by atoms with Gasteiger partial charge in [0.05, 0.1) is 6.04 Å². The largest absolute Gasteiger partial charge is 0.324 e. The Balaban J connectivity index is 2.82. The van der Waals surface area contributed by atoms with Gasteiger partial charge in [-0.15, -0.1) is 0 Å². The molecule has 0 saturated heterocycles. The van der Waals surface area contributed by atoms with Crippen LogP contribution in [0.1, 0.15) is 31.4 Å². The van der Waals surface area contributed by atoms with E-state index in [4.69, 9.17) is 5.73 Å².